The first kappa shape index (κ1) is 18.7. The minimum Gasteiger partial charge on any atom is -0.353 e. The van der Waals surface area contributed by atoms with Crippen molar-refractivity contribution >= 4 is 21.8 Å². The summed E-state index contributed by atoms with van der Waals surface area (Å²) in [4.78, 5) is 15.1. The lowest BCUT2D eigenvalue weighted by Crippen LogP contribution is -2.44. The molecule has 0 spiro atoms. The van der Waals surface area contributed by atoms with Crippen LogP contribution in [-0.4, -0.2) is 29.9 Å². The summed E-state index contributed by atoms with van der Waals surface area (Å²) in [6.45, 7) is 5.26. The third kappa shape index (κ3) is 4.80. The Morgan fingerprint density at radius 2 is 1.89 bits per heavy atom. The van der Waals surface area contributed by atoms with Crippen molar-refractivity contribution < 1.29 is 4.79 Å². The van der Waals surface area contributed by atoms with Crippen LogP contribution in [0.4, 0.5) is 0 Å². The predicted molar refractivity (Wildman–Crippen MR) is 113 cm³/mol. The zero-order valence-corrected chi connectivity index (χ0v) is 17.4. The third-order valence-corrected chi connectivity index (χ3v) is 6.38. The molecule has 2 unspecified atom stereocenters. The normalized spacial score (nSPS) is 23.2. The van der Waals surface area contributed by atoms with E-state index in [0.717, 1.165) is 43.4 Å². The van der Waals surface area contributed by atoms with Gasteiger partial charge < -0.3 is 5.32 Å². The predicted octanol–water partition coefficient (Wildman–Crippen LogP) is 4.64. The van der Waals surface area contributed by atoms with Gasteiger partial charge in [-0.25, -0.2) is 0 Å². The zero-order valence-electron chi connectivity index (χ0n) is 15.8. The lowest BCUT2D eigenvalue weighted by molar-refractivity contribution is -0.123. The maximum atomic E-state index is 12.6. The monoisotopic (exact) mass is 426 g/mol. The molecule has 1 N–H and O–H groups in total. The molecule has 0 aromatic heterocycles. The molecule has 1 aliphatic heterocycles. The summed E-state index contributed by atoms with van der Waals surface area (Å²) in [6, 6.07) is 17.5. The first-order chi connectivity index (χ1) is 13.1. The number of amides is 1. The fraction of sp³-hybridized carbons (Fsp3) is 0.435. The van der Waals surface area contributed by atoms with Gasteiger partial charge in [0.2, 0.25) is 5.91 Å². The first-order valence-corrected chi connectivity index (χ1v) is 10.7. The lowest BCUT2D eigenvalue weighted by Gasteiger charge is -2.32. The quantitative estimate of drug-likeness (QED) is 0.754. The molecule has 2 aliphatic rings. The number of nitrogens with zero attached hydrogens (tertiary/aromatic N) is 1. The van der Waals surface area contributed by atoms with Gasteiger partial charge in [-0.1, -0.05) is 57.9 Å². The summed E-state index contributed by atoms with van der Waals surface area (Å²) in [7, 11) is 0. The molecule has 1 amide bonds. The highest BCUT2D eigenvalue weighted by Gasteiger charge is 2.44. The summed E-state index contributed by atoms with van der Waals surface area (Å²) < 4.78 is 1.09. The van der Waals surface area contributed by atoms with Gasteiger partial charge >= 0.3 is 0 Å². The Labute approximate surface area is 170 Å². The van der Waals surface area contributed by atoms with Gasteiger partial charge in [-0.2, -0.15) is 0 Å². The van der Waals surface area contributed by atoms with Gasteiger partial charge in [0.1, 0.15) is 0 Å². The highest BCUT2D eigenvalue weighted by atomic mass is 79.9. The Bertz CT molecular complexity index is 796. The summed E-state index contributed by atoms with van der Waals surface area (Å²) in [5.41, 5.74) is 3.98. The van der Waals surface area contributed by atoms with E-state index in [1.54, 1.807) is 0 Å². The van der Waals surface area contributed by atoms with Gasteiger partial charge in [0.25, 0.3) is 0 Å². The van der Waals surface area contributed by atoms with Gasteiger partial charge in [0.05, 0.1) is 0 Å². The summed E-state index contributed by atoms with van der Waals surface area (Å²) >= 11 is 3.47. The second kappa shape index (κ2) is 8.15. The number of hydrogen-bond donors (Lipinski definition) is 1. The molecule has 3 nitrogen and oxygen atoms in total. The van der Waals surface area contributed by atoms with Gasteiger partial charge in [0, 0.05) is 36.1 Å². The van der Waals surface area contributed by atoms with Crippen molar-refractivity contribution in [1.82, 2.24) is 10.2 Å². The fourth-order valence-corrected chi connectivity index (χ4v) is 4.44. The molecule has 27 heavy (non-hydrogen) atoms. The number of rotatable bonds is 5. The van der Waals surface area contributed by atoms with Crippen LogP contribution in [0.25, 0.3) is 0 Å². The van der Waals surface area contributed by atoms with Crippen molar-refractivity contribution in [2.75, 3.05) is 13.1 Å². The van der Waals surface area contributed by atoms with Crippen LogP contribution < -0.4 is 5.32 Å². The number of hydrogen-bond acceptors (Lipinski definition) is 2. The van der Waals surface area contributed by atoms with E-state index in [-0.39, 0.29) is 11.8 Å². The number of aryl methyl sites for hydroxylation is 1. The fourth-order valence-electron chi connectivity index (χ4n) is 4.18. The maximum Gasteiger partial charge on any atom is 0.223 e. The van der Waals surface area contributed by atoms with Crippen molar-refractivity contribution in [3.63, 3.8) is 0 Å². The molecule has 1 saturated carbocycles. The molecule has 1 saturated heterocycles. The number of carbonyl (C=O) groups excluding carboxylic acids is 1. The molecular formula is C23H27BrN2O. The van der Waals surface area contributed by atoms with E-state index in [9.17, 15) is 4.79 Å². The SMILES string of the molecule is Cc1cccc(CN2CCC(NC(=O)C3CC3c3ccc(Br)cc3)CC2)c1. The van der Waals surface area contributed by atoms with E-state index >= 15 is 0 Å². The van der Waals surface area contributed by atoms with Crippen LogP contribution in [0.3, 0.4) is 0 Å². The van der Waals surface area contributed by atoms with Crippen molar-refractivity contribution in [1.29, 1.82) is 0 Å². The van der Waals surface area contributed by atoms with Gasteiger partial charge in [-0.3, -0.25) is 9.69 Å². The molecule has 0 bridgehead atoms. The largest absolute Gasteiger partial charge is 0.353 e. The van der Waals surface area contributed by atoms with E-state index in [1.165, 1.54) is 16.7 Å². The average molecular weight is 427 g/mol. The molecule has 1 aliphatic carbocycles. The molecule has 2 fully saturated rings. The standard InChI is InChI=1S/C23H27BrN2O/c1-16-3-2-4-17(13-16)15-26-11-9-20(10-12-26)25-23(27)22-14-21(22)18-5-7-19(24)8-6-18/h2-8,13,20-22H,9-12,14-15H2,1H3,(H,25,27). The van der Waals surface area contributed by atoms with Gasteiger partial charge in [-0.15, -0.1) is 0 Å². The Balaban J connectivity index is 1.22. The number of piperidine rings is 1. The first-order valence-electron chi connectivity index (χ1n) is 9.92. The van der Waals surface area contributed by atoms with Crippen LogP contribution in [0.15, 0.2) is 53.0 Å². The Morgan fingerprint density at radius 1 is 1.15 bits per heavy atom. The maximum absolute atomic E-state index is 12.6. The molecule has 4 rings (SSSR count). The number of carbonyl (C=O) groups is 1. The molecule has 142 valence electrons. The number of benzene rings is 2. The molecule has 0 radical (unpaired) electrons. The number of nitrogens with one attached hydrogen (secondary N) is 1. The van der Waals surface area contributed by atoms with Crippen LogP contribution in [0, 0.1) is 12.8 Å². The Morgan fingerprint density at radius 3 is 2.59 bits per heavy atom. The number of likely N-dealkylation sites (tertiary alicyclic amines) is 1. The van der Waals surface area contributed by atoms with Gasteiger partial charge in [-0.05, 0) is 55.4 Å². The van der Waals surface area contributed by atoms with Gasteiger partial charge in [0.15, 0.2) is 0 Å². The van der Waals surface area contributed by atoms with Crippen LogP contribution in [0.5, 0.6) is 0 Å². The van der Waals surface area contributed by atoms with Crippen molar-refractivity contribution in [3.05, 3.63) is 69.7 Å². The molecule has 2 aromatic carbocycles. The van der Waals surface area contributed by atoms with E-state index in [4.69, 9.17) is 0 Å². The molecule has 2 atom stereocenters. The minimum atomic E-state index is 0.163. The van der Waals surface area contributed by atoms with Crippen molar-refractivity contribution in [2.24, 2.45) is 5.92 Å². The smallest absolute Gasteiger partial charge is 0.223 e. The molecular weight excluding hydrogens is 400 g/mol. The van der Waals surface area contributed by atoms with E-state index < -0.39 is 0 Å². The molecule has 1 heterocycles. The molecule has 4 heteroatoms. The summed E-state index contributed by atoms with van der Waals surface area (Å²) in [5, 5.41) is 3.31. The second-order valence-corrected chi connectivity index (χ2v) is 8.96. The van der Waals surface area contributed by atoms with E-state index in [2.05, 4.69) is 81.6 Å². The third-order valence-electron chi connectivity index (χ3n) is 5.85. The Kier molecular flexibility index (Phi) is 5.65. The lowest BCUT2D eigenvalue weighted by atomic mass is 10.0. The summed E-state index contributed by atoms with van der Waals surface area (Å²) in [6.07, 6.45) is 3.08. The summed E-state index contributed by atoms with van der Waals surface area (Å²) in [5.74, 6) is 0.816. The van der Waals surface area contributed by atoms with E-state index in [0.29, 0.717) is 12.0 Å². The highest BCUT2D eigenvalue weighted by Crippen LogP contribution is 2.47. The molecule has 2 aromatic rings. The second-order valence-electron chi connectivity index (χ2n) is 8.05. The van der Waals surface area contributed by atoms with Crippen molar-refractivity contribution in [3.8, 4) is 0 Å². The van der Waals surface area contributed by atoms with Crippen molar-refractivity contribution in [2.45, 2.75) is 44.7 Å². The minimum absolute atomic E-state index is 0.163. The number of halogens is 1. The van der Waals surface area contributed by atoms with Crippen LogP contribution in [-0.2, 0) is 11.3 Å². The highest BCUT2D eigenvalue weighted by molar-refractivity contribution is 9.10. The zero-order chi connectivity index (χ0) is 18.8. The topological polar surface area (TPSA) is 32.3 Å². The van der Waals surface area contributed by atoms with Crippen LogP contribution in [0.1, 0.15) is 41.9 Å². The van der Waals surface area contributed by atoms with Crippen LogP contribution in [0.2, 0.25) is 0 Å². The average Bonchev–Trinajstić information content (AvgIpc) is 3.45. The van der Waals surface area contributed by atoms with E-state index in [1.807, 2.05) is 0 Å². The Hall–Kier alpha value is -1.65. The van der Waals surface area contributed by atoms with Crippen LogP contribution >= 0.6 is 15.9 Å².